The molecule has 19 heavy (non-hydrogen) atoms. The first-order valence-corrected chi connectivity index (χ1v) is 7.43. The highest BCUT2D eigenvalue weighted by atomic mass is 79.9. The number of halogens is 2. The van der Waals surface area contributed by atoms with E-state index in [9.17, 15) is 4.79 Å². The Labute approximate surface area is 129 Å². The van der Waals surface area contributed by atoms with Crippen LogP contribution in [-0.4, -0.2) is 5.97 Å². The lowest BCUT2D eigenvalue weighted by molar-refractivity contribution is -0.134. The molecule has 0 atom stereocenters. The second-order valence-corrected chi connectivity index (χ2v) is 5.80. The standard InChI is InChI=1S/C15H12Br2O2/c16-12-7-8-14(13(17)10-12)19-15(18)9-6-11-4-2-1-3-5-11/h1-5,7-8,10H,6,9H2. The average Bonchev–Trinajstić information content (AvgIpc) is 2.41. The Morgan fingerprint density at radius 1 is 1.05 bits per heavy atom. The molecule has 0 unspecified atom stereocenters. The van der Waals surface area contributed by atoms with Gasteiger partial charge in [-0.15, -0.1) is 0 Å². The van der Waals surface area contributed by atoms with Gasteiger partial charge in [-0.1, -0.05) is 46.3 Å². The van der Waals surface area contributed by atoms with Crippen molar-refractivity contribution in [3.05, 3.63) is 63.0 Å². The molecule has 0 saturated heterocycles. The minimum atomic E-state index is -0.230. The van der Waals surface area contributed by atoms with Gasteiger partial charge in [0.25, 0.3) is 0 Å². The van der Waals surface area contributed by atoms with Crippen LogP contribution >= 0.6 is 31.9 Å². The highest BCUT2D eigenvalue weighted by molar-refractivity contribution is 9.11. The summed E-state index contributed by atoms with van der Waals surface area (Å²) in [5.74, 6) is 0.313. The smallest absolute Gasteiger partial charge is 0.311 e. The van der Waals surface area contributed by atoms with Crippen LogP contribution < -0.4 is 4.74 Å². The summed E-state index contributed by atoms with van der Waals surface area (Å²) in [5.41, 5.74) is 1.13. The molecule has 2 rings (SSSR count). The van der Waals surface area contributed by atoms with Gasteiger partial charge >= 0.3 is 5.97 Å². The molecule has 2 nitrogen and oxygen atoms in total. The van der Waals surface area contributed by atoms with Gasteiger partial charge in [-0.05, 0) is 46.1 Å². The average molecular weight is 384 g/mol. The quantitative estimate of drug-likeness (QED) is 0.562. The van der Waals surface area contributed by atoms with Gasteiger partial charge in [0.2, 0.25) is 0 Å². The third-order valence-electron chi connectivity index (χ3n) is 2.58. The van der Waals surface area contributed by atoms with Crippen LogP contribution in [0.5, 0.6) is 5.75 Å². The van der Waals surface area contributed by atoms with Crippen LogP contribution in [0.4, 0.5) is 0 Å². The Bertz CT molecular complexity index is 568. The summed E-state index contributed by atoms with van der Waals surface area (Å²) in [6.07, 6.45) is 1.06. The highest BCUT2D eigenvalue weighted by Gasteiger charge is 2.08. The highest BCUT2D eigenvalue weighted by Crippen LogP contribution is 2.28. The van der Waals surface area contributed by atoms with Crippen molar-refractivity contribution in [3.8, 4) is 5.75 Å². The molecule has 2 aromatic rings. The zero-order valence-corrected chi connectivity index (χ0v) is 13.3. The molecule has 98 valence electrons. The second kappa shape index (κ2) is 6.87. The lowest BCUT2D eigenvalue weighted by Crippen LogP contribution is -2.09. The Kier molecular flexibility index (Phi) is 5.16. The van der Waals surface area contributed by atoms with Crippen molar-refractivity contribution in [3.63, 3.8) is 0 Å². The van der Waals surface area contributed by atoms with Crippen LogP contribution in [0.1, 0.15) is 12.0 Å². The Morgan fingerprint density at radius 3 is 2.47 bits per heavy atom. The Morgan fingerprint density at radius 2 is 1.79 bits per heavy atom. The van der Waals surface area contributed by atoms with Crippen LogP contribution in [-0.2, 0) is 11.2 Å². The molecule has 0 heterocycles. The minimum Gasteiger partial charge on any atom is -0.425 e. The topological polar surface area (TPSA) is 26.3 Å². The predicted molar refractivity (Wildman–Crippen MR) is 82.2 cm³/mol. The van der Waals surface area contributed by atoms with Crippen LogP contribution in [0.3, 0.4) is 0 Å². The Balaban J connectivity index is 1.91. The first kappa shape index (κ1) is 14.3. The van der Waals surface area contributed by atoms with Crippen LogP contribution in [0.2, 0.25) is 0 Å². The minimum absolute atomic E-state index is 0.230. The molecule has 0 spiro atoms. The predicted octanol–water partition coefficient (Wildman–Crippen LogP) is 4.75. The van der Waals surface area contributed by atoms with E-state index in [4.69, 9.17) is 4.74 Å². The molecular formula is C15H12Br2O2. The van der Waals surface area contributed by atoms with Gasteiger partial charge in [0.1, 0.15) is 5.75 Å². The summed E-state index contributed by atoms with van der Waals surface area (Å²) >= 11 is 6.72. The summed E-state index contributed by atoms with van der Waals surface area (Å²) in [4.78, 5) is 11.8. The van der Waals surface area contributed by atoms with Crippen molar-refractivity contribution in [2.45, 2.75) is 12.8 Å². The van der Waals surface area contributed by atoms with Crippen molar-refractivity contribution < 1.29 is 9.53 Å². The molecule has 0 saturated carbocycles. The normalized spacial score (nSPS) is 10.2. The molecule has 2 aromatic carbocycles. The summed E-state index contributed by atoms with van der Waals surface area (Å²) in [7, 11) is 0. The van der Waals surface area contributed by atoms with Crippen molar-refractivity contribution in [1.82, 2.24) is 0 Å². The number of carbonyl (C=O) groups is 1. The number of esters is 1. The van der Waals surface area contributed by atoms with E-state index in [0.29, 0.717) is 18.6 Å². The largest absolute Gasteiger partial charge is 0.425 e. The number of ether oxygens (including phenoxy) is 1. The lowest BCUT2D eigenvalue weighted by atomic mass is 10.1. The summed E-state index contributed by atoms with van der Waals surface area (Å²) in [6.45, 7) is 0. The van der Waals surface area contributed by atoms with E-state index in [2.05, 4.69) is 31.9 Å². The third-order valence-corrected chi connectivity index (χ3v) is 3.69. The zero-order chi connectivity index (χ0) is 13.7. The fourth-order valence-corrected chi connectivity index (χ4v) is 2.75. The number of rotatable bonds is 4. The molecule has 0 bridgehead atoms. The maximum Gasteiger partial charge on any atom is 0.311 e. The lowest BCUT2D eigenvalue weighted by Gasteiger charge is -2.06. The molecule has 0 aliphatic heterocycles. The molecule has 0 radical (unpaired) electrons. The number of aryl methyl sites for hydroxylation is 1. The van der Waals surface area contributed by atoms with Crippen molar-refractivity contribution in [2.24, 2.45) is 0 Å². The van der Waals surface area contributed by atoms with Gasteiger partial charge in [0.05, 0.1) is 4.47 Å². The van der Waals surface area contributed by atoms with E-state index >= 15 is 0 Å². The van der Waals surface area contributed by atoms with Crippen LogP contribution in [0, 0.1) is 0 Å². The third kappa shape index (κ3) is 4.48. The van der Waals surface area contributed by atoms with E-state index in [1.54, 1.807) is 6.07 Å². The van der Waals surface area contributed by atoms with Crippen molar-refractivity contribution >= 4 is 37.8 Å². The molecule has 0 amide bonds. The maximum atomic E-state index is 11.8. The van der Waals surface area contributed by atoms with Crippen molar-refractivity contribution in [2.75, 3.05) is 0 Å². The first-order valence-electron chi connectivity index (χ1n) is 5.85. The zero-order valence-electron chi connectivity index (χ0n) is 10.1. The molecule has 0 fully saturated rings. The molecule has 0 aliphatic rings. The SMILES string of the molecule is O=C(CCc1ccccc1)Oc1ccc(Br)cc1Br. The van der Waals surface area contributed by atoms with Crippen LogP contribution in [0.15, 0.2) is 57.5 Å². The van der Waals surface area contributed by atoms with Gasteiger partial charge in [-0.2, -0.15) is 0 Å². The van der Waals surface area contributed by atoms with E-state index in [-0.39, 0.29) is 5.97 Å². The molecular weight excluding hydrogens is 372 g/mol. The fraction of sp³-hybridized carbons (Fsp3) is 0.133. The van der Waals surface area contributed by atoms with E-state index in [1.165, 1.54) is 0 Å². The number of benzene rings is 2. The summed E-state index contributed by atoms with van der Waals surface area (Å²) in [5, 5.41) is 0. The van der Waals surface area contributed by atoms with Gasteiger partial charge < -0.3 is 4.74 Å². The number of hydrogen-bond acceptors (Lipinski definition) is 2. The molecule has 0 aliphatic carbocycles. The van der Waals surface area contributed by atoms with E-state index in [1.807, 2.05) is 42.5 Å². The maximum absolute atomic E-state index is 11.8. The second-order valence-electron chi connectivity index (χ2n) is 4.03. The van der Waals surface area contributed by atoms with E-state index in [0.717, 1.165) is 14.5 Å². The molecule has 0 N–H and O–H groups in total. The van der Waals surface area contributed by atoms with Gasteiger partial charge in [-0.3, -0.25) is 4.79 Å². The monoisotopic (exact) mass is 382 g/mol. The van der Waals surface area contributed by atoms with Gasteiger partial charge in [0, 0.05) is 10.9 Å². The van der Waals surface area contributed by atoms with Gasteiger partial charge in [0.15, 0.2) is 0 Å². The number of carbonyl (C=O) groups excluding carboxylic acids is 1. The van der Waals surface area contributed by atoms with Gasteiger partial charge in [-0.25, -0.2) is 0 Å². The Hall–Kier alpha value is -1.13. The molecule has 0 aromatic heterocycles. The summed E-state index contributed by atoms with van der Waals surface area (Å²) in [6, 6.07) is 15.3. The van der Waals surface area contributed by atoms with Crippen molar-refractivity contribution in [1.29, 1.82) is 0 Å². The number of hydrogen-bond donors (Lipinski definition) is 0. The molecule has 4 heteroatoms. The van der Waals surface area contributed by atoms with E-state index < -0.39 is 0 Å². The summed E-state index contributed by atoms with van der Waals surface area (Å²) < 4.78 is 7.01. The fourth-order valence-electron chi connectivity index (χ4n) is 1.62. The van der Waals surface area contributed by atoms with Crippen LogP contribution in [0.25, 0.3) is 0 Å². The first-order chi connectivity index (χ1) is 9.15.